The molecule has 0 spiro atoms. The highest BCUT2D eigenvalue weighted by Crippen LogP contribution is 2.41. The third-order valence-corrected chi connectivity index (χ3v) is 7.84. The van der Waals surface area contributed by atoms with Gasteiger partial charge in [-0.3, -0.25) is 4.79 Å². The average Bonchev–Trinajstić information content (AvgIpc) is 2.97. The van der Waals surface area contributed by atoms with Crippen LogP contribution in [0, 0.1) is 5.92 Å². The smallest absolute Gasteiger partial charge is 0.250 e. The van der Waals surface area contributed by atoms with E-state index in [4.69, 9.17) is 11.6 Å². The summed E-state index contributed by atoms with van der Waals surface area (Å²) < 4.78 is 24.0. The van der Waals surface area contributed by atoms with E-state index in [-0.39, 0.29) is 34.6 Å². The number of benzene rings is 1. The SMILES string of the molecule is CC[C@H](C)C(=O)N=C1S[C@H]2CS(=O)(=O)C[C@H]2N1c1cccc(Cl)c1. The summed E-state index contributed by atoms with van der Waals surface area (Å²) in [6.07, 6.45) is 0.721. The van der Waals surface area contributed by atoms with Crippen LogP contribution in [-0.2, 0) is 14.6 Å². The lowest BCUT2D eigenvalue weighted by molar-refractivity contribution is -0.121. The van der Waals surface area contributed by atoms with Gasteiger partial charge in [-0.25, -0.2) is 8.42 Å². The van der Waals surface area contributed by atoms with Crippen LogP contribution in [0.25, 0.3) is 0 Å². The Morgan fingerprint density at radius 2 is 2.21 bits per heavy atom. The van der Waals surface area contributed by atoms with E-state index in [0.717, 1.165) is 12.1 Å². The molecule has 2 saturated heterocycles. The highest BCUT2D eigenvalue weighted by Gasteiger charge is 2.49. The van der Waals surface area contributed by atoms with Crippen molar-refractivity contribution in [1.82, 2.24) is 0 Å². The molecule has 0 N–H and O–H groups in total. The molecule has 0 bridgehead atoms. The summed E-state index contributed by atoms with van der Waals surface area (Å²) in [6.45, 7) is 3.79. The molecule has 0 radical (unpaired) electrons. The van der Waals surface area contributed by atoms with Crippen molar-refractivity contribution in [2.75, 3.05) is 16.4 Å². The zero-order valence-electron chi connectivity index (χ0n) is 13.5. The zero-order valence-corrected chi connectivity index (χ0v) is 15.9. The maximum atomic E-state index is 12.2. The van der Waals surface area contributed by atoms with Crippen LogP contribution >= 0.6 is 23.4 Å². The Hall–Kier alpha value is -1.05. The molecule has 0 unspecified atom stereocenters. The van der Waals surface area contributed by atoms with Crippen LogP contribution in [0.15, 0.2) is 29.3 Å². The van der Waals surface area contributed by atoms with Crippen molar-refractivity contribution in [3.63, 3.8) is 0 Å². The molecule has 8 heteroatoms. The van der Waals surface area contributed by atoms with Crippen LogP contribution in [0.2, 0.25) is 5.02 Å². The number of carbonyl (C=O) groups excluding carboxylic acids is 1. The molecule has 2 heterocycles. The van der Waals surface area contributed by atoms with E-state index in [2.05, 4.69) is 4.99 Å². The van der Waals surface area contributed by atoms with Crippen LogP contribution in [-0.4, -0.2) is 42.3 Å². The second-order valence-corrected chi connectivity index (χ2v) is 9.99. The maximum absolute atomic E-state index is 12.2. The minimum atomic E-state index is -3.06. The van der Waals surface area contributed by atoms with Gasteiger partial charge >= 0.3 is 0 Å². The fourth-order valence-corrected chi connectivity index (χ4v) is 6.98. The molecular weight excluding hydrogens is 368 g/mol. The van der Waals surface area contributed by atoms with E-state index in [1.807, 2.05) is 30.9 Å². The van der Waals surface area contributed by atoms with Gasteiger partial charge in [-0.15, -0.1) is 0 Å². The fraction of sp³-hybridized carbons (Fsp3) is 0.500. The number of halogens is 1. The van der Waals surface area contributed by atoms with E-state index in [0.29, 0.717) is 10.2 Å². The number of hydrogen-bond acceptors (Lipinski definition) is 4. The Morgan fingerprint density at radius 3 is 2.88 bits per heavy atom. The number of carbonyl (C=O) groups is 1. The quantitative estimate of drug-likeness (QED) is 0.798. The van der Waals surface area contributed by atoms with E-state index in [1.54, 1.807) is 12.1 Å². The summed E-state index contributed by atoms with van der Waals surface area (Å²) in [7, 11) is -3.06. The Balaban J connectivity index is 2.00. The second kappa shape index (κ2) is 6.69. The molecule has 1 amide bonds. The van der Waals surface area contributed by atoms with E-state index in [9.17, 15) is 13.2 Å². The topological polar surface area (TPSA) is 66.8 Å². The van der Waals surface area contributed by atoms with Gasteiger partial charge in [-0.1, -0.05) is 43.3 Å². The van der Waals surface area contributed by atoms with Crippen molar-refractivity contribution in [2.45, 2.75) is 31.6 Å². The van der Waals surface area contributed by atoms with Gasteiger partial charge in [-0.2, -0.15) is 4.99 Å². The summed E-state index contributed by atoms with van der Waals surface area (Å²) in [5, 5.41) is 1.04. The lowest BCUT2D eigenvalue weighted by Crippen LogP contribution is -2.37. The van der Waals surface area contributed by atoms with Gasteiger partial charge in [0.05, 0.1) is 17.5 Å². The van der Waals surface area contributed by atoms with Gasteiger partial charge in [0.1, 0.15) is 0 Å². The molecule has 0 aliphatic carbocycles. The minimum Gasteiger partial charge on any atom is -0.316 e. The van der Waals surface area contributed by atoms with Gasteiger partial charge < -0.3 is 4.90 Å². The van der Waals surface area contributed by atoms with Gasteiger partial charge in [0.15, 0.2) is 15.0 Å². The van der Waals surface area contributed by atoms with Crippen LogP contribution in [0.3, 0.4) is 0 Å². The third-order valence-electron chi connectivity index (χ3n) is 4.39. The molecule has 3 atom stereocenters. The first-order valence-electron chi connectivity index (χ1n) is 7.85. The highest BCUT2D eigenvalue weighted by atomic mass is 35.5. The van der Waals surface area contributed by atoms with Crippen molar-refractivity contribution in [3.8, 4) is 0 Å². The first kappa shape index (κ1) is 17.8. The molecule has 3 rings (SSSR count). The van der Waals surface area contributed by atoms with Gasteiger partial charge in [0.25, 0.3) is 5.91 Å². The second-order valence-electron chi connectivity index (χ2n) is 6.19. The molecule has 1 aromatic carbocycles. The summed E-state index contributed by atoms with van der Waals surface area (Å²) in [5.41, 5.74) is 0.773. The van der Waals surface area contributed by atoms with Crippen molar-refractivity contribution in [1.29, 1.82) is 0 Å². The summed E-state index contributed by atoms with van der Waals surface area (Å²) in [4.78, 5) is 18.4. The summed E-state index contributed by atoms with van der Waals surface area (Å²) >= 11 is 7.47. The molecule has 5 nitrogen and oxygen atoms in total. The van der Waals surface area contributed by atoms with Crippen molar-refractivity contribution >= 4 is 50.0 Å². The number of sulfone groups is 1. The van der Waals surface area contributed by atoms with Crippen LogP contribution in [0.4, 0.5) is 5.69 Å². The van der Waals surface area contributed by atoms with Crippen LogP contribution in [0.5, 0.6) is 0 Å². The normalized spacial score (nSPS) is 28.1. The number of thioether (sulfide) groups is 1. The summed E-state index contributed by atoms with van der Waals surface area (Å²) in [5.74, 6) is -0.123. The van der Waals surface area contributed by atoms with Gasteiger partial charge in [0.2, 0.25) is 0 Å². The number of hydrogen-bond donors (Lipinski definition) is 0. The summed E-state index contributed by atoms with van der Waals surface area (Å²) in [6, 6.07) is 7.01. The Morgan fingerprint density at radius 1 is 1.46 bits per heavy atom. The maximum Gasteiger partial charge on any atom is 0.250 e. The van der Waals surface area contributed by atoms with Gasteiger partial charge in [0, 0.05) is 21.9 Å². The molecule has 0 aromatic heterocycles. The molecular formula is C16H19ClN2O3S2. The van der Waals surface area contributed by atoms with Crippen LogP contribution < -0.4 is 4.90 Å². The van der Waals surface area contributed by atoms with Gasteiger partial charge in [-0.05, 0) is 24.6 Å². The monoisotopic (exact) mass is 386 g/mol. The number of amides is 1. The van der Waals surface area contributed by atoms with E-state index < -0.39 is 9.84 Å². The fourth-order valence-electron chi connectivity index (χ4n) is 2.87. The minimum absolute atomic E-state index is 0.0771. The lowest BCUT2D eigenvalue weighted by Gasteiger charge is -2.24. The predicted molar refractivity (Wildman–Crippen MR) is 99.6 cm³/mol. The number of amidine groups is 1. The Bertz CT molecular complexity index is 794. The molecule has 0 saturated carbocycles. The lowest BCUT2D eigenvalue weighted by atomic mass is 10.1. The first-order chi connectivity index (χ1) is 11.3. The van der Waals surface area contributed by atoms with Crippen molar-refractivity contribution < 1.29 is 13.2 Å². The van der Waals surface area contributed by atoms with E-state index >= 15 is 0 Å². The third kappa shape index (κ3) is 3.48. The Labute approximate surface area is 151 Å². The number of fused-ring (bicyclic) bond motifs is 1. The molecule has 130 valence electrons. The highest BCUT2D eigenvalue weighted by molar-refractivity contribution is 8.16. The molecule has 2 aliphatic heterocycles. The van der Waals surface area contributed by atoms with Crippen LogP contribution in [0.1, 0.15) is 20.3 Å². The predicted octanol–water partition coefficient (Wildman–Crippen LogP) is 2.99. The molecule has 1 aromatic rings. The van der Waals surface area contributed by atoms with Crippen molar-refractivity contribution in [2.24, 2.45) is 10.9 Å². The molecule has 2 fully saturated rings. The average molecular weight is 387 g/mol. The Kier molecular flexibility index (Phi) is 4.95. The zero-order chi connectivity index (χ0) is 17.5. The number of rotatable bonds is 3. The first-order valence-corrected chi connectivity index (χ1v) is 10.9. The van der Waals surface area contributed by atoms with E-state index in [1.165, 1.54) is 11.8 Å². The molecule has 24 heavy (non-hydrogen) atoms. The number of aliphatic imine (C=N–C) groups is 1. The standard InChI is InChI=1S/C16H19ClN2O3S2/c1-3-10(2)15(20)18-16-19(12-6-4-5-11(17)7-12)13-8-24(21,22)9-14(13)23-16/h4-7,10,13-14H,3,8-9H2,1-2H3/t10-,13+,14-/m0/s1. The van der Waals surface area contributed by atoms with Crippen molar-refractivity contribution in [3.05, 3.63) is 29.3 Å². The molecule has 2 aliphatic rings. The number of nitrogens with zero attached hydrogens (tertiary/aromatic N) is 2. The number of anilines is 1. The largest absolute Gasteiger partial charge is 0.316 e.